The second-order valence-electron chi connectivity index (χ2n) is 6.20. The largest absolute Gasteiger partial charge is 0.497 e. The zero-order valence-electron chi connectivity index (χ0n) is 14.9. The van der Waals surface area contributed by atoms with Crippen molar-refractivity contribution < 1.29 is 14.3 Å². The average Bonchev–Trinajstić information content (AvgIpc) is 3.06. The molecule has 0 N–H and O–H groups in total. The molecule has 4 nitrogen and oxygen atoms in total. The normalized spacial score (nSPS) is 16.0. The Balaban J connectivity index is 1.76. The lowest BCUT2D eigenvalue weighted by Gasteiger charge is -2.24. The Morgan fingerprint density at radius 3 is 2.31 bits per heavy atom. The van der Waals surface area contributed by atoms with Crippen LogP contribution in [0, 0.1) is 0 Å². The van der Waals surface area contributed by atoms with Gasteiger partial charge >= 0.3 is 0 Å². The molecular weight excluding hydrogens is 326 g/mol. The summed E-state index contributed by atoms with van der Waals surface area (Å²) in [4.78, 5) is 6.20. The molecule has 26 heavy (non-hydrogen) atoms. The SMILES string of the molecule is COc1ccc(C2c3c(OC)cccc3ON2Cc2ccccc2)cc1. The summed E-state index contributed by atoms with van der Waals surface area (Å²) in [6, 6.07) is 24.3. The van der Waals surface area contributed by atoms with E-state index in [0.717, 1.165) is 28.4 Å². The first-order chi connectivity index (χ1) is 12.8. The first-order valence-corrected chi connectivity index (χ1v) is 8.59. The van der Waals surface area contributed by atoms with Crippen LogP contribution in [0.25, 0.3) is 0 Å². The molecule has 132 valence electrons. The van der Waals surface area contributed by atoms with Gasteiger partial charge in [-0.2, -0.15) is 0 Å². The van der Waals surface area contributed by atoms with Crippen LogP contribution in [0.2, 0.25) is 0 Å². The molecule has 1 aliphatic rings. The highest BCUT2D eigenvalue weighted by Gasteiger charge is 2.36. The minimum Gasteiger partial charge on any atom is -0.497 e. The van der Waals surface area contributed by atoms with Gasteiger partial charge in [0.1, 0.15) is 17.5 Å². The number of fused-ring (bicyclic) bond motifs is 1. The van der Waals surface area contributed by atoms with Crippen molar-refractivity contribution in [1.82, 2.24) is 5.06 Å². The maximum Gasteiger partial charge on any atom is 0.156 e. The minimum atomic E-state index is -0.0488. The van der Waals surface area contributed by atoms with Gasteiger partial charge in [0.05, 0.1) is 26.3 Å². The van der Waals surface area contributed by atoms with Crippen LogP contribution in [0.3, 0.4) is 0 Å². The van der Waals surface area contributed by atoms with Gasteiger partial charge in [0.2, 0.25) is 0 Å². The van der Waals surface area contributed by atoms with Crippen LogP contribution in [0.1, 0.15) is 22.7 Å². The predicted octanol–water partition coefficient (Wildman–Crippen LogP) is 4.60. The molecule has 1 heterocycles. The highest BCUT2D eigenvalue weighted by atomic mass is 16.7. The minimum absolute atomic E-state index is 0.0488. The fraction of sp³-hybridized carbons (Fsp3) is 0.182. The molecule has 3 aromatic carbocycles. The maximum atomic E-state index is 6.20. The van der Waals surface area contributed by atoms with Gasteiger partial charge in [0.15, 0.2) is 5.75 Å². The van der Waals surface area contributed by atoms with Crippen LogP contribution in [-0.4, -0.2) is 19.3 Å². The summed E-state index contributed by atoms with van der Waals surface area (Å²) < 4.78 is 10.9. The van der Waals surface area contributed by atoms with Crippen molar-refractivity contribution in [2.45, 2.75) is 12.6 Å². The third kappa shape index (κ3) is 3.00. The van der Waals surface area contributed by atoms with E-state index in [4.69, 9.17) is 14.3 Å². The van der Waals surface area contributed by atoms with Gasteiger partial charge in [0, 0.05) is 0 Å². The average molecular weight is 347 g/mol. The quantitative estimate of drug-likeness (QED) is 0.675. The number of methoxy groups -OCH3 is 2. The molecule has 4 rings (SSSR count). The van der Waals surface area contributed by atoms with E-state index in [1.165, 1.54) is 5.56 Å². The monoisotopic (exact) mass is 347 g/mol. The van der Waals surface area contributed by atoms with Gasteiger partial charge in [-0.25, -0.2) is 0 Å². The zero-order valence-corrected chi connectivity index (χ0v) is 14.9. The third-order valence-corrected chi connectivity index (χ3v) is 4.64. The molecule has 0 aromatic heterocycles. The van der Waals surface area contributed by atoms with Crippen molar-refractivity contribution in [3.05, 3.63) is 89.5 Å². The van der Waals surface area contributed by atoms with Crippen molar-refractivity contribution >= 4 is 0 Å². The van der Waals surface area contributed by atoms with Crippen LogP contribution >= 0.6 is 0 Å². The van der Waals surface area contributed by atoms with Crippen molar-refractivity contribution in [3.8, 4) is 17.2 Å². The van der Waals surface area contributed by atoms with E-state index in [-0.39, 0.29) is 6.04 Å². The summed E-state index contributed by atoms with van der Waals surface area (Å²) in [5, 5.41) is 2.00. The van der Waals surface area contributed by atoms with Crippen LogP contribution in [0.4, 0.5) is 0 Å². The topological polar surface area (TPSA) is 30.9 Å². The van der Waals surface area contributed by atoms with Crippen LogP contribution in [-0.2, 0) is 6.54 Å². The number of ether oxygens (including phenoxy) is 2. The summed E-state index contributed by atoms with van der Waals surface area (Å²) in [5.41, 5.74) is 3.37. The second kappa shape index (κ2) is 7.10. The van der Waals surface area contributed by atoms with E-state index < -0.39 is 0 Å². The second-order valence-corrected chi connectivity index (χ2v) is 6.20. The molecule has 0 bridgehead atoms. The molecule has 0 saturated carbocycles. The Kier molecular flexibility index (Phi) is 4.50. The molecule has 0 amide bonds. The van der Waals surface area contributed by atoms with E-state index >= 15 is 0 Å². The third-order valence-electron chi connectivity index (χ3n) is 4.64. The van der Waals surface area contributed by atoms with Crippen LogP contribution in [0.5, 0.6) is 17.2 Å². The summed E-state index contributed by atoms with van der Waals surface area (Å²) in [6.45, 7) is 0.676. The van der Waals surface area contributed by atoms with Gasteiger partial charge in [-0.05, 0) is 35.4 Å². The molecule has 1 aliphatic heterocycles. The molecule has 0 radical (unpaired) electrons. The lowest BCUT2D eigenvalue weighted by atomic mass is 9.97. The Morgan fingerprint density at radius 1 is 0.846 bits per heavy atom. The molecule has 0 fully saturated rings. The molecule has 0 saturated heterocycles. The molecule has 0 spiro atoms. The summed E-state index contributed by atoms with van der Waals surface area (Å²) in [7, 11) is 3.37. The number of benzene rings is 3. The smallest absolute Gasteiger partial charge is 0.156 e. The highest BCUT2D eigenvalue weighted by molar-refractivity contribution is 5.53. The van der Waals surface area contributed by atoms with E-state index in [1.54, 1.807) is 14.2 Å². The predicted molar refractivity (Wildman–Crippen MR) is 100 cm³/mol. The van der Waals surface area contributed by atoms with Crippen molar-refractivity contribution in [2.75, 3.05) is 14.2 Å². The fourth-order valence-electron chi connectivity index (χ4n) is 3.38. The number of nitrogens with zero attached hydrogens (tertiary/aromatic N) is 1. The number of hydroxylamine groups is 2. The molecule has 3 aromatic rings. The Labute approximate surface area is 153 Å². The van der Waals surface area contributed by atoms with Gasteiger partial charge < -0.3 is 14.3 Å². The lowest BCUT2D eigenvalue weighted by Crippen LogP contribution is -2.26. The molecule has 1 atom stereocenters. The van der Waals surface area contributed by atoms with E-state index in [0.29, 0.717) is 6.54 Å². The first-order valence-electron chi connectivity index (χ1n) is 8.59. The van der Waals surface area contributed by atoms with E-state index in [1.807, 2.05) is 53.6 Å². The van der Waals surface area contributed by atoms with Gasteiger partial charge in [-0.3, -0.25) is 0 Å². The fourth-order valence-corrected chi connectivity index (χ4v) is 3.38. The molecular formula is C22H21NO3. The summed E-state index contributed by atoms with van der Waals surface area (Å²) in [5.74, 6) is 2.50. The Hall–Kier alpha value is -2.98. The lowest BCUT2D eigenvalue weighted by molar-refractivity contribution is -0.0684. The number of hydrogen-bond donors (Lipinski definition) is 0. The zero-order chi connectivity index (χ0) is 17.9. The van der Waals surface area contributed by atoms with E-state index in [2.05, 4.69) is 24.3 Å². The highest BCUT2D eigenvalue weighted by Crippen LogP contribution is 2.47. The Bertz CT molecular complexity index is 878. The van der Waals surface area contributed by atoms with Gasteiger partial charge in [0.25, 0.3) is 0 Å². The molecule has 1 unspecified atom stereocenters. The number of hydrogen-bond acceptors (Lipinski definition) is 4. The van der Waals surface area contributed by atoms with E-state index in [9.17, 15) is 0 Å². The van der Waals surface area contributed by atoms with Crippen LogP contribution in [0.15, 0.2) is 72.8 Å². The number of rotatable bonds is 5. The summed E-state index contributed by atoms with van der Waals surface area (Å²) >= 11 is 0. The van der Waals surface area contributed by atoms with Crippen molar-refractivity contribution in [1.29, 1.82) is 0 Å². The van der Waals surface area contributed by atoms with Crippen molar-refractivity contribution in [2.24, 2.45) is 0 Å². The maximum absolute atomic E-state index is 6.20. The molecule has 4 heteroatoms. The van der Waals surface area contributed by atoms with Crippen LogP contribution < -0.4 is 14.3 Å². The standard InChI is InChI=1S/C22H21NO3/c1-24-18-13-11-17(12-14-18)22-21-19(25-2)9-6-10-20(21)26-23(22)15-16-7-4-3-5-8-16/h3-14,22H,15H2,1-2H3. The first kappa shape index (κ1) is 16.5. The summed E-state index contributed by atoms with van der Waals surface area (Å²) in [6.07, 6.45) is 0. The van der Waals surface area contributed by atoms with Gasteiger partial charge in [-0.15, -0.1) is 5.06 Å². The molecule has 0 aliphatic carbocycles. The van der Waals surface area contributed by atoms with Gasteiger partial charge in [-0.1, -0.05) is 48.5 Å². The Morgan fingerprint density at radius 2 is 1.62 bits per heavy atom. The van der Waals surface area contributed by atoms with Crippen molar-refractivity contribution in [3.63, 3.8) is 0 Å².